The van der Waals surface area contributed by atoms with Crippen LogP contribution in [0.25, 0.3) is 11.1 Å². The lowest BCUT2D eigenvalue weighted by Gasteiger charge is -2.09. The molecule has 0 atom stereocenters. The van der Waals surface area contributed by atoms with Crippen LogP contribution in [0.4, 0.5) is 0 Å². The molecule has 0 saturated carbocycles. The predicted octanol–water partition coefficient (Wildman–Crippen LogP) is 6.40. The van der Waals surface area contributed by atoms with Crippen molar-refractivity contribution in [2.75, 3.05) is 6.61 Å². The van der Waals surface area contributed by atoms with E-state index in [0.717, 1.165) is 29.7 Å². The number of hydrogen-bond donors (Lipinski definition) is 0. The molecule has 3 aromatic rings. The summed E-state index contributed by atoms with van der Waals surface area (Å²) in [7, 11) is 0. The largest absolute Gasteiger partial charge is 0.494 e. The Bertz CT molecular complexity index is 1160. The van der Waals surface area contributed by atoms with E-state index in [1.165, 1.54) is 0 Å². The van der Waals surface area contributed by atoms with E-state index in [2.05, 4.69) is 6.92 Å². The van der Waals surface area contributed by atoms with E-state index in [4.69, 9.17) is 14.2 Å². The summed E-state index contributed by atoms with van der Waals surface area (Å²) in [5.74, 6) is 0.397. The average molecular weight is 455 g/mol. The van der Waals surface area contributed by atoms with Gasteiger partial charge in [-0.15, -0.1) is 0 Å². The van der Waals surface area contributed by atoms with Crippen molar-refractivity contribution in [2.45, 2.75) is 25.9 Å². The fraction of sp³-hybridized carbons (Fsp3) is 0.172. The molecule has 4 rings (SSSR count). The Morgan fingerprint density at radius 3 is 1.85 bits per heavy atom. The lowest BCUT2D eigenvalue weighted by atomic mass is 10.0. The molecule has 0 N–H and O–H groups in total. The summed E-state index contributed by atoms with van der Waals surface area (Å²) in [6, 6.07) is 21.4. The van der Waals surface area contributed by atoms with Gasteiger partial charge in [0.1, 0.15) is 17.6 Å². The number of hydrogen-bond acceptors (Lipinski definition) is 5. The van der Waals surface area contributed by atoms with Crippen LogP contribution in [0.5, 0.6) is 11.5 Å². The average Bonchev–Trinajstić information content (AvgIpc) is 3.38. The van der Waals surface area contributed by atoms with E-state index in [9.17, 15) is 9.59 Å². The van der Waals surface area contributed by atoms with Gasteiger partial charge in [-0.3, -0.25) is 0 Å². The van der Waals surface area contributed by atoms with Crippen LogP contribution >= 0.6 is 0 Å². The zero-order chi connectivity index (χ0) is 23.8. The van der Waals surface area contributed by atoms with E-state index in [1.807, 2.05) is 48.6 Å². The molecule has 0 spiro atoms. The molecule has 5 nitrogen and oxygen atoms in total. The molecule has 172 valence electrons. The molecule has 0 radical (unpaired) electrons. The third kappa shape index (κ3) is 6.01. The van der Waals surface area contributed by atoms with Gasteiger partial charge in [0, 0.05) is 0 Å². The van der Waals surface area contributed by atoms with Crippen LogP contribution < -0.4 is 9.47 Å². The summed E-state index contributed by atoms with van der Waals surface area (Å²) in [4.78, 5) is 24.7. The molecular weight excluding hydrogens is 428 g/mol. The maximum Gasteiger partial charge on any atom is 0.343 e. The monoisotopic (exact) mass is 454 g/mol. The topological polar surface area (TPSA) is 61.8 Å². The molecule has 0 heterocycles. The Labute approximate surface area is 199 Å². The molecule has 0 fully saturated rings. The maximum absolute atomic E-state index is 12.5. The van der Waals surface area contributed by atoms with E-state index < -0.39 is 5.97 Å². The summed E-state index contributed by atoms with van der Waals surface area (Å²) >= 11 is 0. The molecular formula is C29H26O5. The Morgan fingerprint density at radius 1 is 0.706 bits per heavy atom. The van der Waals surface area contributed by atoms with Crippen molar-refractivity contribution >= 4 is 11.9 Å². The first-order valence-corrected chi connectivity index (χ1v) is 11.3. The van der Waals surface area contributed by atoms with Gasteiger partial charge in [-0.2, -0.15) is 0 Å². The molecule has 34 heavy (non-hydrogen) atoms. The third-order valence-electron chi connectivity index (χ3n) is 5.33. The summed E-state index contributed by atoms with van der Waals surface area (Å²) in [5, 5.41) is 0. The molecule has 1 aliphatic rings. The van der Waals surface area contributed by atoms with Crippen LogP contribution in [-0.2, 0) is 4.74 Å². The predicted molar refractivity (Wildman–Crippen MR) is 131 cm³/mol. The molecule has 0 amide bonds. The molecule has 3 aromatic carbocycles. The van der Waals surface area contributed by atoms with E-state index >= 15 is 0 Å². The summed E-state index contributed by atoms with van der Waals surface area (Å²) in [6.45, 7) is 2.77. The minimum Gasteiger partial charge on any atom is -0.494 e. The Hall–Kier alpha value is -4.12. The van der Waals surface area contributed by atoms with Crippen LogP contribution in [0, 0.1) is 0 Å². The molecule has 0 unspecified atom stereocenters. The Kier molecular flexibility index (Phi) is 7.56. The number of allylic oxidation sites excluding steroid dienone is 2. The van der Waals surface area contributed by atoms with Gasteiger partial charge < -0.3 is 14.2 Å². The zero-order valence-corrected chi connectivity index (χ0v) is 19.0. The number of esters is 2. The first-order chi connectivity index (χ1) is 16.6. The van der Waals surface area contributed by atoms with Crippen molar-refractivity contribution in [1.82, 2.24) is 0 Å². The van der Waals surface area contributed by atoms with Gasteiger partial charge in [-0.05, 0) is 78.2 Å². The fourth-order valence-corrected chi connectivity index (χ4v) is 3.38. The van der Waals surface area contributed by atoms with Crippen LogP contribution in [0.15, 0.2) is 97.1 Å². The van der Waals surface area contributed by atoms with Gasteiger partial charge in [0.15, 0.2) is 0 Å². The van der Waals surface area contributed by atoms with Gasteiger partial charge in [-0.1, -0.05) is 49.8 Å². The van der Waals surface area contributed by atoms with Gasteiger partial charge in [0.05, 0.1) is 17.7 Å². The fourth-order valence-electron chi connectivity index (χ4n) is 3.38. The second-order valence-electron chi connectivity index (χ2n) is 7.86. The number of rotatable bonds is 9. The van der Waals surface area contributed by atoms with Gasteiger partial charge >= 0.3 is 11.9 Å². The van der Waals surface area contributed by atoms with Gasteiger partial charge in [-0.25, -0.2) is 9.59 Å². The van der Waals surface area contributed by atoms with Crippen LogP contribution in [0.2, 0.25) is 0 Å². The smallest absolute Gasteiger partial charge is 0.343 e. The molecule has 0 bridgehead atoms. The number of carbonyl (C=O) groups is 2. The molecule has 1 aliphatic carbocycles. The highest BCUT2D eigenvalue weighted by atomic mass is 16.5. The van der Waals surface area contributed by atoms with Crippen LogP contribution in [0.1, 0.15) is 40.5 Å². The first-order valence-electron chi connectivity index (χ1n) is 11.3. The third-order valence-corrected chi connectivity index (χ3v) is 5.33. The highest BCUT2D eigenvalue weighted by molar-refractivity contribution is 5.91. The van der Waals surface area contributed by atoms with Crippen LogP contribution in [0.3, 0.4) is 0 Å². The lowest BCUT2D eigenvalue weighted by Crippen LogP contribution is -2.12. The number of carbonyl (C=O) groups excluding carboxylic acids is 2. The highest BCUT2D eigenvalue weighted by Gasteiger charge is 2.13. The normalized spacial score (nSPS) is 12.5. The summed E-state index contributed by atoms with van der Waals surface area (Å²) < 4.78 is 16.5. The van der Waals surface area contributed by atoms with Crippen molar-refractivity contribution < 1.29 is 23.8 Å². The minimum atomic E-state index is -0.428. The Balaban J connectivity index is 1.33. The maximum atomic E-state index is 12.5. The lowest BCUT2D eigenvalue weighted by molar-refractivity contribution is 0.0466. The summed E-state index contributed by atoms with van der Waals surface area (Å²) in [6.07, 6.45) is 9.09. The van der Waals surface area contributed by atoms with E-state index in [1.54, 1.807) is 48.5 Å². The van der Waals surface area contributed by atoms with Crippen molar-refractivity contribution in [1.29, 1.82) is 0 Å². The highest BCUT2D eigenvalue weighted by Crippen LogP contribution is 2.24. The second-order valence-corrected chi connectivity index (χ2v) is 7.86. The first kappa shape index (κ1) is 23.1. The van der Waals surface area contributed by atoms with Crippen molar-refractivity contribution in [2.24, 2.45) is 0 Å². The van der Waals surface area contributed by atoms with E-state index in [0.29, 0.717) is 23.5 Å². The van der Waals surface area contributed by atoms with Gasteiger partial charge in [0.25, 0.3) is 0 Å². The molecule has 0 saturated heterocycles. The molecule has 0 aliphatic heterocycles. The summed E-state index contributed by atoms with van der Waals surface area (Å²) in [5.41, 5.74) is 2.83. The Morgan fingerprint density at radius 2 is 1.24 bits per heavy atom. The SMILES string of the molecule is CCCCOc1ccc(C(=O)Oc2ccc(-c3ccc(C(=O)OC4C=CC=C4)cc3)cc2)cc1. The van der Waals surface area contributed by atoms with Crippen molar-refractivity contribution in [3.05, 3.63) is 108 Å². The zero-order valence-electron chi connectivity index (χ0n) is 19.0. The second kappa shape index (κ2) is 11.1. The van der Waals surface area contributed by atoms with Gasteiger partial charge in [0.2, 0.25) is 0 Å². The number of ether oxygens (including phenoxy) is 3. The number of benzene rings is 3. The van der Waals surface area contributed by atoms with Crippen LogP contribution in [-0.4, -0.2) is 24.6 Å². The number of unbranched alkanes of at least 4 members (excludes halogenated alkanes) is 1. The van der Waals surface area contributed by atoms with Crippen molar-refractivity contribution in [3.63, 3.8) is 0 Å². The molecule has 0 aromatic heterocycles. The van der Waals surface area contributed by atoms with E-state index in [-0.39, 0.29) is 12.1 Å². The quantitative estimate of drug-likeness (QED) is 0.213. The molecule has 5 heteroatoms. The standard InChI is InChI=1S/C29H26O5/c1-2-3-20-32-25-16-14-24(15-17-25)29(31)34-27-18-12-22(13-19-27)21-8-10-23(11-9-21)28(30)33-26-6-4-5-7-26/h4-19,26H,2-3,20H2,1H3. The van der Waals surface area contributed by atoms with Crippen molar-refractivity contribution in [3.8, 4) is 22.6 Å². The minimum absolute atomic E-state index is 0.306.